The average Bonchev–Trinajstić information content (AvgIpc) is 2.66. The Morgan fingerprint density at radius 1 is 1.14 bits per heavy atom. The average molecular weight is 425 g/mol. The van der Waals surface area contributed by atoms with Gasteiger partial charge in [-0.1, -0.05) is 43.3 Å². The van der Waals surface area contributed by atoms with Crippen molar-refractivity contribution in [2.45, 2.75) is 25.1 Å². The Morgan fingerprint density at radius 2 is 1.79 bits per heavy atom. The summed E-state index contributed by atoms with van der Waals surface area (Å²) in [6.45, 7) is 2.15. The number of anilines is 1. The summed E-state index contributed by atoms with van der Waals surface area (Å²) >= 11 is 1.51. The number of nitrogens with one attached hydrogen (secondary N) is 1. The summed E-state index contributed by atoms with van der Waals surface area (Å²) in [5.41, 5.74) is 1.08. The predicted octanol–water partition coefficient (Wildman–Crippen LogP) is 3.42. The predicted molar refractivity (Wildman–Crippen MR) is 113 cm³/mol. The number of halogens is 1. The number of hydrogen-bond acceptors (Lipinski definition) is 4. The van der Waals surface area contributed by atoms with Gasteiger partial charge in [-0.15, -0.1) is 0 Å². The van der Waals surface area contributed by atoms with Crippen molar-refractivity contribution in [2.24, 2.45) is 0 Å². The molecule has 0 heterocycles. The zero-order valence-corrected chi connectivity index (χ0v) is 17.6. The van der Waals surface area contributed by atoms with E-state index in [2.05, 4.69) is 5.32 Å². The minimum atomic E-state index is -3.62. The Balaban J connectivity index is 1.94. The largest absolute Gasteiger partial charge is 0.353 e. The summed E-state index contributed by atoms with van der Waals surface area (Å²) in [6.07, 6.45) is 1.44. The number of hydrogen-bond donors (Lipinski definition) is 1. The highest BCUT2D eigenvalue weighted by atomic mass is 32.2. The molecule has 1 unspecified atom stereocenters. The van der Waals surface area contributed by atoms with Gasteiger partial charge >= 0.3 is 0 Å². The van der Waals surface area contributed by atoms with Gasteiger partial charge in [0.15, 0.2) is 0 Å². The van der Waals surface area contributed by atoms with Gasteiger partial charge in [0.1, 0.15) is 11.9 Å². The number of sulfonamides is 1. The molecule has 0 aliphatic rings. The molecule has 1 atom stereocenters. The van der Waals surface area contributed by atoms with Crippen LogP contribution in [0.25, 0.3) is 0 Å². The fourth-order valence-electron chi connectivity index (χ4n) is 2.80. The third kappa shape index (κ3) is 6.24. The normalized spacial score (nSPS) is 12.4. The molecule has 152 valence electrons. The monoisotopic (exact) mass is 424 g/mol. The molecule has 2 aromatic carbocycles. The van der Waals surface area contributed by atoms with Gasteiger partial charge in [0.05, 0.1) is 11.9 Å². The van der Waals surface area contributed by atoms with Crippen LogP contribution >= 0.6 is 11.8 Å². The SMILES string of the molecule is CCC(C(=O)NCCSCc1ccccc1F)N(c1ccccc1)S(C)(=O)=O. The minimum Gasteiger partial charge on any atom is -0.353 e. The van der Waals surface area contributed by atoms with E-state index in [1.54, 1.807) is 55.5 Å². The highest BCUT2D eigenvalue weighted by Gasteiger charge is 2.31. The minimum absolute atomic E-state index is 0.239. The molecule has 1 N–H and O–H groups in total. The fraction of sp³-hybridized carbons (Fsp3) is 0.350. The number of rotatable bonds is 10. The lowest BCUT2D eigenvalue weighted by Crippen LogP contribution is -2.49. The lowest BCUT2D eigenvalue weighted by Gasteiger charge is -2.30. The lowest BCUT2D eigenvalue weighted by molar-refractivity contribution is -0.122. The molecule has 0 radical (unpaired) electrons. The Labute approximate surface area is 170 Å². The molecule has 1 amide bonds. The van der Waals surface area contributed by atoms with E-state index in [9.17, 15) is 17.6 Å². The van der Waals surface area contributed by atoms with Crippen molar-refractivity contribution < 1.29 is 17.6 Å². The molecule has 0 aliphatic carbocycles. The molecule has 28 heavy (non-hydrogen) atoms. The summed E-state index contributed by atoms with van der Waals surface area (Å²) in [5.74, 6) is 0.528. The van der Waals surface area contributed by atoms with Gasteiger partial charge in [-0.25, -0.2) is 12.8 Å². The van der Waals surface area contributed by atoms with Crippen LogP contribution in [0.2, 0.25) is 0 Å². The van der Waals surface area contributed by atoms with E-state index in [4.69, 9.17) is 0 Å². The quantitative estimate of drug-likeness (QED) is 0.594. The number of carbonyl (C=O) groups excluding carboxylic acids is 1. The Hall–Kier alpha value is -2.06. The van der Waals surface area contributed by atoms with Crippen molar-refractivity contribution in [3.05, 3.63) is 66.0 Å². The molecular formula is C20H25FN2O3S2. The van der Waals surface area contributed by atoms with Crippen molar-refractivity contribution in [1.82, 2.24) is 5.32 Å². The topological polar surface area (TPSA) is 66.5 Å². The van der Waals surface area contributed by atoms with Gasteiger partial charge in [-0.05, 0) is 30.2 Å². The van der Waals surface area contributed by atoms with E-state index in [-0.39, 0.29) is 11.7 Å². The number of carbonyl (C=O) groups is 1. The molecule has 2 rings (SSSR count). The van der Waals surface area contributed by atoms with Crippen molar-refractivity contribution in [1.29, 1.82) is 0 Å². The summed E-state index contributed by atoms with van der Waals surface area (Å²) in [5, 5.41) is 2.80. The zero-order chi connectivity index (χ0) is 20.6. The first-order valence-electron chi connectivity index (χ1n) is 8.98. The van der Waals surface area contributed by atoms with Gasteiger partial charge in [0.2, 0.25) is 15.9 Å². The van der Waals surface area contributed by atoms with E-state index in [0.29, 0.717) is 35.7 Å². The maximum atomic E-state index is 13.6. The number of benzene rings is 2. The first kappa shape index (κ1) is 22.2. The van der Waals surface area contributed by atoms with E-state index in [1.807, 2.05) is 0 Å². The first-order chi connectivity index (χ1) is 13.3. The second kappa shape index (κ2) is 10.5. The Bertz CT molecular complexity index is 876. The molecule has 0 bridgehead atoms. The van der Waals surface area contributed by atoms with Gasteiger partial charge < -0.3 is 5.32 Å². The highest BCUT2D eigenvalue weighted by Crippen LogP contribution is 2.22. The van der Waals surface area contributed by atoms with Crippen LogP contribution < -0.4 is 9.62 Å². The number of amides is 1. The van der Waals surface area contributed by atoms with Crippen LogP contribution in [0.3, 0.4) is 0 Å². The van der Waals surface area contributed by atoms with Crippen molar-refractivity contribution in [2.75, 3.05) is 22.9 Å². The van der Waals surface area contributed by atoms with Crippen LogP contribution in [0.15, 0.2) is 54.6 Å². The lowest BCUT2D eigenvalue weighted by atomic mass is 10.2. The maximum absolute atomic E-state index is 13.6. The van der Waals surface area contributed by atoms with Crippen LogP contribution in [0.4, 0.5) is 10.1 Å². The zero-order valence-electron chi connectivity index (χ0n) is 16.0. The van der Waals surface area contributed by atoms with Crippen LogP contribution in [-0.2, 0) is 20.6 Å². The molecule has 0 fully saturated rings. The number of nitrogens with zero attached hydrogens (tertiary/aromatic N) is 1. The van der Waals surface area contributed by atoms with Crippen molar-refractivity contribution in [3.8, 4) is 0 Å². The summed E-state index contributed by atoms with van der Waals surface area (Å²) in [4.78, 5) is 12.6. The van der Waals surface area contributed by atoms with Gasteiger partial charge in [-0.2, -0.15) is 11.8 Å². The summed E-state index contributed by atoms with van der Waals surface area (Å²) in [6, 6.07) is 14.4. The second-order valence-corrected chi connectivity index (χ2v) is 9.22. The standard InChI is InChI=1S/C20H25FN2O3S2/c1-3-19(23(28(2,25)26)17-10-5-4-6-11-17)20(24)22-13-14-27-15-16-9-7-8-12-18(16)21/h4-12,19H,3,13-15H2,1-2H3,(H,22,24). The van der Waals surface area contributed by atoms with Crippen molar-refractivity contribution in [3.63, 3.8) is 0 Å². The highest BCUT2D eigenvalue weighted by molar-refractivity contribution is 7.98. The first-order valence-corrected chi connectivity index (χ1v) is 12.0. The third-order valence-corrected chi connectivity index (χ3v) is 6.29. The van der Waals surface area contributed by atoms with E-state index >= 15 is 0 Å². The van der Waals surface area contributed by atoms with Gasteiger partial charge in [-0.3, -0.25) is 9.10 Å². The Morgan fingerprint density at radius 3 is 2.39 bits per heavy atom. The Kier molecular flexibility index (Phi) is 8.32. The molecule has 8 heteroatoms. The molecule has 2 aromatic rings. The second-order valence-electron chi connectivity index (χ2n) is 6.25. The van der Waals surface area contributed by atoms with Gasteiger partial charge in [0.25, 0.3) is 0 Å². The van der Waals surface area contributed by atoms with Crippen LogP contribution in [0.5, 0.6) is 0 Å². The van der Waals surface area contributed by atoms with Crippen LogP contribution in [-0.4, -0.2) is 38.9 Å². The molecule has 0 aromatic heterocycles. The van der Waals surface area contributed by atoms with Crippen molar-refractivity contribution >= 4 is 33.4 Å². The molecule has 0 aliphatic heterocycles. The van der Waals surface area contributed by atoms with Crippen LogP contribution in [0, 0.1) is 5.82 Å². The van der Waals surface area contributed by atoms with E-state index in [0.717, 1.165) is 10.6 Å². The fourth-order valence-corrected chi connectivity index (χ4v) is 4.85. The molecule has 0 saturated heterocycles. The molecule has 5 nitrogen and oxygen atoms in total. The van der Waals surface area contributed by atoms with Crippen LogP contribution in [0.1, 0.15) is 18.9 Å². The smallest absolute Gasteiger partial charge is 0.243 e. The maximum Gasteiger partial charge on any atom is 0.243 e. The van der Waals surface area contributed by atoms with Gasteiger partial charge in [0, 0.05) is 18.1 Å². The third-order valence-electron chi connectivity index (χ3n) is 4.10. The summed E-state index contributed by atoms with van der Waals surface area (Å²) < 4.78 is 39.4. The van der Waals surface area contributed by atoms with E-state index < -0.39 is 16.1 Å². The summed E-state index contributed by atoms with van der Waals surface area (Å²) in [7, 11) is -3.62. The van der Waals surface area contributed by atoms with E-state index in [1.165, 1.54) is 17.8 Å². The molecular weight excluding hydrogens is 399 g/mol. The molecule has 0 spiro atoms. The molecule has 0 saturated carbocycles. The number of thioether (sulfide) groups is 1. The number of para-hydroxylation sites is 1.